The zero-order valence-corrected chi connectivity index (χ0v) is 14.8. The number of phenolic OH excluding ortho intramolecular Hbond substituents is 1. The van der Waals surface area contributed by atoms with Crippen molar-refractivity contribution in [2.75, 3.05) is 36.5 Å². The van der Waals surface area contributed by atoms with Crippen LogP contribution < -0.4 is 10.2 Å². The van der Waals surface area contributed by atoms with E-state index in [1.165, 1.54) is 0 Å². The van der Waals surface area contributed by atoms with E-state index in [-0.39, 0.29) is 30.2 Å². The molecule has 0 aliphatic carbocycles. The molecule has 1 unspecified atom stereocenters. The Kier molecular flexibility index (Phi) is 4.68. The molecule has 140 valence electrons. The number of aromatic hydroxyl groups is 1. The smallest absolute Gasteiger partial charge is 0.324 e. The lowest BCUT2D eigenvalue weighted by atomic mass is 10.1. The van der Waals surface area contributed by atoms with E-state index in [9.17, 15) is 14.7 Å². The first-order valence-electron chi connectivity index (χ1n) is 8.97. The van der Waals surface area contributed by atoms with Crippen molar-refractivity contribution in [3.05, 3.63) is 54.1 Å². The SMILES string of the molecule is O=C1CCN(C(=O)N2CCOC(c3cccc(O)c3)C2)c2ccccc2N1. The van der Waals surface area contributed by atoms with Gasteiger partial charge in [0.15, 0.2) is 0 Å². The molecule has 27 heavy (non-hydrogen) atoms. The van der Waals surface area contributed by atoms with E-state index in [2.05, 4.69) is 5.32 Å². The highest BCUT2D eigenvalue weighted by molar-refractivity contribution is 6.03. The van der Waals surface area contributed by atoms with Gasteiger partial charge in [-0.1, -0.05) is 24.3 Å². The molecule has 1 saturated heterocycles. The number of morpholine rings is 1. The minimum absolute atomic E-state index is 0.0997. The van der Waals surface area contributed by atoms with Crippen LogP contribution in [0, 0.1) is 0 Å². The zero-order chi connectivity index (χ0) is 18.8. The van der Waals surface area contributed by atoms with Crippen molar-refractivity contribution in [1.29, 1.82) is 0 Å². The molecule has 1 fully saturated rings. The van der Waals surface area contributed by atoms with Gasteiger partial charge in [0.2, 0.25) is 5.91 Å². The highest BCUT2D eigenvalue weighted by Gasteiger charge is 2.31. The van der Waals surface area contributed by atoms with Crippen molar-refractivity contribution in [1.82, 2.24) is 4.90 Å². The number of benzene rings is 2. The van der Waals surface area contributed by atoms with E-state index in [4.69, 9.17) is 4.74 Å². The van der Waals surface area contributed by atoms with Gasteiger partial charge in [-0.3, -0.25) is 9.69 Å². The molecule has 0 aromatic heterocycles. The van der Waals surface area contributed by atoms with Gasteiger partial charge in [-0.2, -0.15) is 0 Å². The van der Waals surface area contributed by atoms with Crippen LogP contribution in [-0.2, 0) is 9.53 Å². The Hall–Kier alpha value is -3.06. The van der Waals surface area contributed by atoms with E-state index in [0.29, 0.717) is 37.6 Å². The van der Waals surface area contributed by atoms with Crippen LogP contribution in [-0.4, -0.2) is 48.2 Å². The van der Waals surface area contributed by atoms with Crippen molar-refractivity contribution >= 4 is 23.3 Å². The largest absolute Gasteiger partial charge is 0.508 e. The van der Waals surface area contributed by atoms with Crippen molar-refractivity contribution < 1.29 is 19.4 Å². The molecule has 2 aromatic carbocycles. The summed E-state index contributed by atoms with van der Waals surface area (Å²) in [6, 6.07) is 14.1. The third-order valence-electron chi connectivity index (χ3n) is 4.84. The van der Waals surface area contributed by atoms with Gasteiger partial charge in [-0.05, 0) is 29.8 Å². The summed E-state index contributed by atoms with van der Waals surface area (Å²) in [7, 11) is 0. The highest BCUT2D eigenvalue weighted by Crippen LogP contribution is 2.31. The summed E-state index contributed by atoms with van der Waals surface area (Å²) in [5.74, 6) is 0.0722. The van der Waals surface area contributed by atoms with Crippen LogP contribution in [0.25, 0.3) is 0 Å². The summed E-state index contributed by atoms with van der Waals surface area (Å²) in [4.78, 5) is 28.6. The van der Waals surface area contributed by atoms with Crippen LogP contribution in [0.2, 0.25) is 0 Å². The van der Waals surface area contributed by atoms with Gasteiger partial charge < -0.3 is 20.1 Å². The van der Waals surface area contributed by atoms with Gasteiger partial charge in [0.05, 0.1) is 24.5 Å². The summed E-state index contributed by atoms with van der Waals surface area (Å²) >= 11 is 0. The fourth-order valence-corrected chi connectivity index (χ4v) is 3.48. The Labute approximate surface area is 157 Å². The Morgan fingerprint density at radius 2 is 2.00 bits per heavy atom. The lowest BCUT2D eigenvalue weighted by Crippen LogP contribution is -2.49. The number of urea groups is 1. The molecule has 2 aliphatic heterocycles. The molecule has 1 atom stereocenters. The fraction of sp³-hybridized carbons (Fsp3) is 0.300. The van der Waals surface area contributed by atoms with Gasteiger partial charge in [0.1, 0.15) is 11.9 Å². The number of ether oxygens (including phenoxy) is 1. The molecule has 2 aliphatic rings. The third kappa shape index (κ3) is 3.59. The molecular weight excluding hydrogens is 346 g/mol. The number of phenols is 1. The molecule has 0 saturated carbocycles. The number of rotatable bonds is 1. The minimum Gasteiger partial charge on any atom is -0.508 e. The molecule has 0 bridgehead atoms. The summed E-state index contributed by atoms with van der Waals surface area (Å²) < 4.78 is 5.81. The van der Waals surface area contributed by atoms with Crippen molar-refractivity contribution in [3.8, 4) is 5.75 Å². The Morgan fingerprint density at radius 3 is 2.85 bits per heavy atom. The lowest BCUT2D eigenvalue weighted by molar-refractivity contribution is -0.115. The maximum atomic E-state index is 13.2. The number of carbonyl (C=O) groups excluding carboxylic acids is 2. The van der Waals surface area contributed by atoms with Crippen molar-refractivity contribution in [2.45, 2.75) is 12.5 Å². The van der Waals surface area contributed by atoms with Crippen LogP contribution in [0.5, 0.6) is 5.75 Å². The topological polar surface area (TPSA) is 82.1 Å². The van der Waals surface area contributed by atoms with E-state index < -0.39 is 0 Å². The van der Waals surface area contributed by atoms with Gasteiger partial charge >= 0.3 is 6.03 Å². The number of carbonyl (C=O) groups is 2. The number of para-hydroxylation sites is 2. The first kappa shape index (κ1) is 17.4. The van der Waals surface area contributed by atoms with Gasteiger partial charge in [0, 0.05) is 19.5 Å². The van der Waals surface area contributed by atoms with Crippen molar-refractivity contribution in [2.24, 2.45) is 0 Å². The summed E-state index contributed by atoms with van der Waals surface area (Å²) in [6.45, 7) is 1.62. The number of nitrogens with one attached hydrogen (secondary N) is 1. The molecule has 7 heteroatoms. The molecule has 0 radical (unpaired) electrons. The second kappa shape index (κ2) is 7.28. The normalized spacial score (nSPS) is 19.9. The molecule has 2 aromatic rings. The van der Waals surface area contributed by atoms with Gasteiger partial charge in [-0.25, -0.2) is 4.79 Å². The fourth-order valence-electron chi connectivity index (χ4n) is 3.48. The molecular formula is C20H21N3O4. The maximum absolute atomic E-state index is 13.2. The van der Waals surface area contributed by atoms with E-state index in [0.717, 1.165) is 5.56 Å². The predicted molar refractivity (Wildman–Crippen MR) is 101 cm³/mol. The minimum atomic E-state index is -0.295. The molecule has 3 amide bonds. The summed E-state index contributed by atoms with van der Waals surface area (Å²) in [5.41, 5.74) is 2.18. The summed E-state index contributed by atoms with van der Waals surface area (Å²) in [6.07, 6.45) is -0.0439. The molecule has 2 heterocycles. The van der Waals surface area contributed by atoms with Gasteiger partial charge in [-0.15, -0.1) is 0 Å². The number of nitrogens with zero attached hydrogens (tertiary/aromatic N) is 2. The van der Waals surface area contributed by atoms with Crippen molar-refractivity contribution in [3.63, 3.8) is 0 Å². The number of hydrogen-bond donors (Lipinski definition) is 2. The molecule has 4 rings (SSSR count). The molecule has 7 nitrogen and oxygen atoms in total. The predicted octanol–water partition coefficient (Wildman–Crippen LogP) is 2.73. The average Bonchev–Trinajstić information content (AvgIpc) is 2.86. The Bertz CT molecular complexity index is 870. The first-order valence-corrected chi connectivity index (χ1v) is 8.97. The van der Waals surface area contributed by atoms with Crippen LogP contribution in [0.1, 0.15) is 18.1 Å². The first-order chi connectivity index (χ1) is 13.1. The monoisotopic (exact) mass is 367 g/mol. The number of fused-ring (bicyclic) bond motifs is 1. The van der Waals surface area contributed by atoms with E-state index in [1.54, 1.807) is 34.1 Å². The maximum Gasteiger partial charge on any atom is 0.324 e. The third-order valence-corrected chi connectivity index (χ3v) is 4.84. The number of hydrogen-bond acceptors (Lipinski definition) is 4. The second-order valence-electron chi connectivity index (χ2n) is 6.65. The quantitative estimate of drug-likeness (QED) is 0.812. The highest BCUT2D eigenvalue weighted by atomic mass is 16.5. The van der Waals surface area contributed by atoms with Crippen LogP contribution >= 0.6 is 0 Å². The lowest BCUT2D eigenvalue weighted by Gasteiger charge is -2.36. The van der Waals surface area contributed by atoms with Crippen LogP contribution in [0.3, 0.4) is 0 Å². The molecule has 0 spiro atoms. The zero-order valence-electron chi connectivity index (χ0n) is 14.8. The number of amides is 3. The second-order valence-corrected chi connectivity index (χ2v) is 6.65. The summed E-state index contributed by atoms with van der Waals surface area (Å²) in [5, 5.41) is 12.6. The van der Waals surface area contributed by atoms with E-state index >= 15 is 0 Å². The Morgan fingerprint density at radius 1 is 1.15 bits per heavy atom. The Balaban J connectivity index is 1.56. The number of anilines is 2. The van der Waals surface area contributed by atoms with Crippen LogP contribution in [0.4, 0.5) is 16.2 Å². The standard InChI is InChI=1S/C20H21N3O4/c24-15-5-3-4-14(12-15)18-13-22(10-11-27-18)20(26)23-9-8-19(25)21-16-6-1-2-7-17(16)23/h1-7,12,18,24H,8-11,13H2,(H,21,25). The van der Waals surface area contributed by atoms with Gasteiger partial charge in [0.25, 0.3) is 0 Å². The molecule has 2 N–H and O–H groups in total. The average molecular weight is 367 g/mol. The van der Waals surface area contributed by atoms with Crippen LogP contribution in [0.15, 0.2) is 48.5 Å². The van der Waals surface area contributed by atoms with E-state index in [1.807, 2.05) is 24.3 Å².